The van der Waals surface area contributed by atoms with Gasteiger partial charge < -0.3 is 15.2 Å². The molecule has 0 saturated heterocycles. The van der Waals surface area contributed by atoms with Gasteiger partial charge in [-0.25, -0.2) is 0 Å². The van der Waals surface area contributed by atoms with Crippen LogP contribution < -0.4 is 10.1 Å². The summed E-state index contributed by atoms with van der Waals surface area (Å²) in [6.45, 7) is 4.34. The molecule has 2 N–H and O–H groups in total. The van der Waals surface area contributed by atoms with Crippen LogP contribution in [-0.2, 0) is 0 Å². The van der Waals surface area contributed by atoms with Crippen molar-refractivity contribution in [3.05, 3.63) is 83.0 Å². The van der Waals surface area contributed by atoms with Gasteiger partial charge in [0, 0.05) is 46.4 Å². The van der Waals surface area contributed by atoms with Gasteiger partial charge in [-0.1, -0.05) is 42.0 Å². The Morgan fingerprint density at radius 2 is 1.81 bits per heavy atom. The van der Waals surface area contributed by atoms with Gasteiger partial charge in [-0.15, -0.1) is 0 Å². The van der Waals surface area contributed by atoms with Crippen molar-refractivity contribution in [3.63, 3.8) is 0 Å². The number of nitrogens with one attached hydrogen (secondary N) is 1. The lowest BCUT2D eigenvalue weighted by atomic mass is 9.84. The molecule has 4 aromatic rings. The quantitative estimate of drug-likeness (QED) is 0.414. The molecule has 0 aliphatic heterocycles. The topological polar surface area (TPSA) is 71.4 Å². The molecule has 5 heteroatoms. The van der Waals surface area contributed by atoms with Crippen LogP contribution in [0.3, 0.4) is 0 Å². The molecule has 154 valence electrons. The maximum absolute atomic E-state index is 13.5. The van der Waals surface area contributed by atoms with Crippen LogP contribution in [0.1, 0.15) is 27.0 Å². The fourth-order valence-corrected chi connectivity index (χ4v) is 4.24. The Morgan fingerprint density at radius 3 is 2.58 bits per heavy atom. The normalized spacial score (nSPS) is 12.0. The van der Waals surface area contributed by atoms with Crippen LogP contribution in [0.15, 0.2) is 60.8 Å². The van der Waals surface area contributed by atoms with E-state index in [2.05, 4.69) is 16.4 Å². The third-order valence-corrected chi connectivity index (χ3v) is 5.64. The number of pyridine rings is 1. The molecule has 0 radical (unpaired) electrons. The van der Waals surface area contributed by atoms with Crippen LogP contribution in [0, 0.1) is 13.8 Å². The molecule has 5 nitrogen and oxygen atoms in total. The molecule has 1 aromatic heterocycles. The van der Waals surface area contributed by atoms with Gasteiger partial charge in [-0.3, -0.25) is 9.78 Å². The summed E-state index contributed by atoms with van der Waals surface area (Å²) in [5.74, 6) is 1.34. The highest BCUT2D eigenvalue weighted by Gasteiger charge is 2.30. The molecule has 0 amide bonds. The van der Waals surface area contributed by atoms with Crippen molar-refractivity contribution in [1.29, 1.82) is 0 Å². The SMILES string of the molecule is Cc1ccc(Oc2cc(NCCO)c3c4c(nccc24)-c2ccccc2C3=O)c(C)c1. The average Bonchev–Trinajstić information content (AvgIpc) is 2.78. The first-order valence-electron chi connectivity index (χ1n) is 10.3. The highest BCUT2D eigenvalue weighted by Crippen LogP contribution is 2.45. The second kappa shape index (κ2) is 7.52. The third-order valence-electron chi connectivity index (χ3n) is 5.64. The number of carbonyl (C=O) groups is 1. The van der Waals surface area contributed by atoms with Gasteiger partial charge in [-0.2, -0.15) is 0 Å². The molecule has 0 bridgehead atoms. The fourth-order valence-electron chi connectivity index (χ4n) is 4.24. The molecule has 1 aliphatic rings. The van der Waals surface area contributed by atoms with Gasteiger partial charge in [0.1, 0.15) is 11.5 Å². The van der Waals surface area contributed by atoms with E-state index in [1.165, 1.54) is 5.56 Å². The van der Waals surface area contributed by atoms with Crippen LogP contribution in [0.25, 0.3) is 22.0 Å². The molecule has 5 rings (SSSR count). The number of ketones is 1. The van der Waals surface area contributed by atoms with Crippen molar-refractivity contribution in [1.82, 2.24) is 4.98 Å². The zero-order chi connectivity index (χ0) is 21.5. The first-order valence-corrected chi connectivity index (χ1v) is 10.3. The van der Waals surface area contributed by atoms with Crippen molar-refractivity contribution in [2.24, 2.45) is 0 Å². The van der Waals surface area contributed by atoms with E-state index in [0.717, 1.165) is 33.3 Å². The number of aliphatic hydroxyl groups excluding tert-OH is 1. The summed E-state index contributed by atoms with van der Waals surface area (Å²) in [4.78, 5) is 18.1. The fraction of sp³-hybridized carbons (Fsp3) is 0.154. The number of nitrogens with zero attached hydrogens (tertiary/aromatic N) is 1. The van der Waals surface area contributed by atoms with E-state index in [0.29, 0.717) is 29.1 Å². The smallest absolute Gasteiger partial charge is 0.196 e. The minimum atomic E-state index is -0.0559. The lowest BCUT2D eigenvalue weighted by Crippen LogP contribution is -2.16. The van der Waals surface area contributed by atoms with E-state index in [1.807, 2.05) is 62.4 Å². The number of fused-ring (bicyclic) bond motifs is 2. The molecule has 0 fully saturated rings. The summed E-state index contributed by atoms with van der Waals surface area (Å²) < 4.78 is 6.36. The van der Waals surface area contributed by atoms with E-state index in [9.17, 15) is 9.90 Å². The molecule has 1 aliphatic carbocycles. The summed E-state index contributed by atoms with van der Waals surface area (Å²) in [5.41, 5.74) is 5.62. The Kier molecular flexibility index (Phi) is 4.68. The van der Waals surface area contributed by atoms with Gasteiger partial charge in [0.05, 0.1) is 17.9 Å². The number of hydrogen-bond acceptors (Lipinski definition) is 5. The van der Waals surface area contributed by atoms with Crippen LogP contribution in [0.5, 0.6) is 11.5 Å². The molecule has 0 spiro atoms. The summed E-state index contributed by atoms with van der Waals surface area (Å²) in [6, 6.07) is 17.3. The van der Waals surface area contributed by atoms with Crippen molar-refractivity contribution in [3.8, 4) is 22.8 Å². The van der Waals surface area contributed by atoms with Gasteiger partial charge in [0.25, 0.3) is 0 Å². The van der Waals surface area contributed by atoms with Crippen molar-refractivity contribution >= 4 is 22.2 Å². The number of aliphatic hydroxyl groups is 1. The maximum atomic E-state index is 13.5. The van der Waals surface area contributed by atoms with E-state index in [4.69, 9.17) is 4.74 Å². The zero-order valence-electron chi connectivity index (χ0n) is 17.4. The van der Waals surface area contributed by atoms with Crippen LogP contribution in [0.4, 0.5) is 5.69 Å². The molecule has 0 unspecified atom stereocenters. The Morgan fingerprint density at radius 1 is 1.00 bits per heavy atom. The number of aromatic nitrogens is 1. The molecule has 31 heavy (non-hydrogen) atoms. The van der Waals surface area contributed by atoms with Crippen molar-refractivity contribution in [2.45, 2.75) is 13.8 Å². The summed E-state index contributed by atoms with van der Waals surface area (Å²) >= 11 is 0. The Labute approximate surface area is 180 Å². The zero-order valence-corrected chi connectivity index (χ0v) is 17.4. The number of ether oxygens (including phenoxy) is 1. The van der Waals surface area contributed by atoms with Gasteiger partial charge >= 0.3 is 0 Å². The predicted molar refractivity (Wildman–Crippen MR) is 122 cm³/mol. The first-order chi connectivity index (χ1) is 15.1. The molecular formula is C26H22N2O3. The summed E-state index contributed by atoms with van der Waals surface area (Å²) in [6.07, 6.45) is 1.75. The van der Waals surface area contributed by atoms with Crippen LogP contribution in [-0.4, -0.2) is 29.0 Å². The lowest BCUT2D eigenvalue weighted by molar-refractivity contribution is 0.104. The van der Waals surface area contributed by atoms with Crippen LogP contribution in [0.2, 0.25) is 0 Å². The molecule has 1 heterocycles. The predicted octanol–water partition coefficient (Wildman–Crippen LogP) is 5.26. The molecule has 3 aromatic carbocycles. The summed E-state index contributed by atoms with van der Waals surface area (Å²) in [7, 11) is 0. The Hall–Kier alpha value is -3.70. The first kappa shape index (κ1) is 19.3. The largest absolute Gasteiger partial charge is 0.456 e. The van der Waals surface area contributed by atoms with Crippen molar-refractivity contribution in [2.75, 3.05) is 18.5 Å². The van der Waals surface area contributed by atoms with Gasteiger partial charge in [0.15, 0.2) is 5.78 Å². The lowest BCUT2D eigenvalue weighted by Gasteiger charge is -2.23. The minimum Gasteiger partial charge on any atom is -0.456 e. The van der Waals surface area contributed by atoms with E-state index in [-0.39, 0.29) is 12.4 Å². The Balaban J connectivity index is 1.79. The Bertz CT molecular complexity index is 1340. The van der Waals surface area contributed by atoms with E-state index >= 15 is 0 Å². The molecule has 0 atom stereocenters. The van der Waals surface area contributed by atoms with E-state index < -0.39 is 0 Å². The average molecular weight is 410 g/mol. The minimum absolute atomic E-state index is 0.0462. The monoisotopic (exact) mass is 410 g/mol. The second-order valence-corrected chi connectivity index (χ2v) is 7.78. The second-order valence-electron chi connectivity index (χ2n) is 7.78. The number of anilines is 1. The summed E-state index contributed by atoms with van der Waals surface area (Å²) in [5, 5.41) is 14.2. The van der Waals surface area contributed by atoms with Gasteiger partial charge in [-0.05, 0) is 31.5 Å². The van der Waals surface area contributed by atoms with Gasteiger partial charge in [0.2, 0.25) is 0 Å². The highest BCUT2D eigenvalue weighted by atomic mass is 16.5. The molecule has 0 saturated carbocycles. The number of hydrogen-bond donors (Lipinski definition) is 2. The number of aryl methyl sites for hydroxylation is 2. The number of benzene rings is 3. The maximum Gasteiger partial charge on any atom is 0.196 e. The van der Waals surface area contributed by atoms with E-state index in [1.54, 1.807) is 6.20 Å². The van der Waals surface area contributed by atoms with Crippen molar-refractivity contribution < 1.29 is 14.6 Å². The highest BCUT2D eigenvalue weighted by molar-refractivity contribution is 6.28. The number of rotatable bonds is 5. The third kappa shape index (κ3) is 3.14. The number of carbonyl (C=O) groups excluding carboxylic acids is 1. The standard InChI is InChI=1S/C26H22N2O3/c1-15-7-8-21(16(2)13-15)31-22-14-20(27-11-12-29)24-23-19(22)9-10-28-25(23)17-5-3-4-6-18(17)26(24)30/h3-10,13-14,27,29H,11-12H2,1-2H3. The molecular weight excluding hydrogens is 388 g/mol. The van der Waals surface area contributed by atoms with Crippen LogP contribution >= 0.6 is 0 Å².